The van der Waals surface area contributed by atoms with Crippen molar-refractivity contribution >= 4 is 40.9 Å². The lowest BCUT2D eigenvalue weighted by Crippen LogP contribution is -2.43. The molecule has 0 unspecified atom stereocenters. The monoisotopic (exact) mass is 647 g/mol. The highest BCUT2D eigenvalue weighted by molar-refractivity contribution is 6.06. The molecule has 4 rings (SSSR count). The summed E-state index contributed by atoms with van der Waals surface area (Å²) < 4.78 is 18.5. The number of carbonyl (C=O) groups excluding carboxylic acids is 3. The van der Waals surface area contributed by atoms with E-state index in [-0.39, 0.29) is 29.3 Å². The van der Waals surface area contributed by atoms with Crippen molar-refractivity contribution in [2.75, 3.05) is 43.5 Å². The van der Waals surface area contributed by atoms with Crippen LogP contribution in [0.15, 0.2) is 78.9 Å². The molecule has 0 bridgehead atoms. The molecule has 2 amide bonds. The number of piperidine rings is 1. The number of aliphatic carboxylic acids is 2. The summed E-state index contributed by atoms with van der Waals surface area (Å²) in [6, 6.07) is 18.4. The zero-order valence-electron chi connectivity index (χ0n) is 26.4. The Labute approximate surface area is 272 Å². The molecule has 0 radical (unpaired) electrons. The summed E-state index contributed by atoms with van der Waals surface area (Å²) in [5, 5.41) is 18.4. The molecular weight excluding hydrogens is 609 g/mol. The van der Waals surface area contributed by atoms with Crippen LogP contribution in [0.2, 0.25) is 0 Å². The molecule has 0 spiro atoms. The second kappa shape index (κ2) is 17.4. The van der Waals surface area contributed by atoms with Crippen molar-refractivity contribution in [1.82, 2.24) is 4.90 Å². The molecule has 3 aromatic rings. The first-order valence-corrected chi connectivity index (χ1v) is 14.9. The molecule has 0 saturated carbocycles. The summed E-state index contributed by atoms with van der Waals surface area (Å²) in [5.41, 5.74) is 3.31. The van der Waals surface area contributed by atoms with E-state index in [1.165, 1.54) is 19.1 Å². The van der Waals surface area contributed by atoms with E-state index in [4.69, 9.17) is 14.9 Å². The number of hydrogen-bond donors (Lipinski definition) is 3. The smallest absolute Gasteiger partial charge is 0.328 e. The van der Waals surface area contributed by atoms with E-state index in [0.717, 1.165) is 37.2 Å². The number of rotatable bonds is 11. The molecule has 0 atom stereocenters. The van der Waals surface area contributed by atoms with Crippen LogP contribution in [-0.2, 0) is 14.4 Å². The normalized spacial score (nSPS) is 13.3. The first kappa shape index (κ1) is 36.1. The van der Waals surface area contributed by atoms with E-state index in [1.54, 1.807) is 42.3 Å². The summed E-state index contributed by atoms with van der Waals surface area (Å²) >= 11 is 0. The number of halogens is 1. The number of carboxylic acid groups (broad SMARTS) is 2. The van der Waals surface area contributed by atoms with Crippen molar-refractivity contribution in [3.05, 3.63) is 101 Å². The van der Waals surface area contributed by atoms with E-state index in [0.29, 0.717) is 47.8 Å². The van der Waals surface area contributed by atoms with Crippen LogP contribution in [0, 0.1) is 18.7 Å². The molecule has 47 heavy (non-hydrogen) atoms. The van der Waals surface area contributed by atoms with Crippen LogP contribution in [0.5, 0.6) is 5.75 Å². The van der Waals surface area contributed by atoms with Crippen molar-refractivity contribution in [3.8, 4) is 5.75 Å². The fraction of sp³-hybridized carbons (Fsp3) is 0.286. The summed E-state index contributed by atoms with van der Waals surface area (Å²) in [4.78, 5) is 61.1. The maximum absolute atomic E-state index is 13.7. The van der Waals surface area contributed by atoms with Crippen molar-refractivity contribution in [1.29, 1.82) is 0 Å². The Bertz CT molecular complexity index is 1580. The minimum Gasteiger partial charge on any atom is -0.497 e. The number of anilines is 2. The number of carboxylic acids is 2. The maximum Gasteiger partial charge on any atom is 0.328 e. The third-order valence-corrected chi connectivity index (χ3v) is 7.51. The minimum absolute atomic E-state index is 0.0581. The molecule has 11 nitrogen and oxygen atoms in total. The molecule has 1 fully saturated rings. The molecule has 248 valence electrons. The molecule has 3 N–H and O–H groups in total. The zero-order chi connectivity index (χ0) is 34.5. The average molecular weight is 648 g/mol. The Morgan fingerprint density at radius 1 is 0.915 bits per heavy atom. The van der Waals surface area contributed by atoms with E-state index in [9.17, 15) is 28.4 Å². The fourth-order valence-electron chi connectivity index (χ4n) is 5.05. The quantitative estimate of drug-likeness (QED) is 0.192. The van der Waals surface area contributed by atoms with Gasteiger partial charge in [-0.15, -0.1) is 0 Å². The van der Waals surface area contributed by atoms with Gasteiger partial charge in [0.2, 0.25) is 5.91 Å². The summed E-state index contributed by atoms with van der Waals surface area (Å²) in [6.07, 6.45) is 2.55. The molecule has 1 saturated heterocycles. The number of carbonyl (C=O) groups is 5. The largest absolute Gasteiger partial charge is 0.497 e. The Morgan fingerprint density at radius 3 is 2.00 bits per heavy atom. The third kappa shape index (κ3) is 11.2. The highest BCUT2D eigenvalue weighted by atomic mass is 19.1. The lowest BCUT2D eigenvalue weighted by molar-refractivity contribution is -0.134. The number of amides is 2. The van der Waals surface area contributed by atoms with E-state index in [1.807, 2.05) is 31.2 Å². The molecule has 12 heteroatoms. The van der Waals surface area contributed by atoms with Gasteiger partial charge in [-0.25, -0.2) is 14.0 Å². The van der Waals surface area contributed by atoms with E-state index < -0.39 is 11.9 Å². The zero-order valence-corrected chi connectivity index (χ0v) is 26.4. The molecule has 1 heterocycles. The molecule has 0 aromatic heterocycles. The van der Waals surface area contributed by atoms with Crippen LogP contribution in [-0.4, -0.2) is 77.9 Å². The number of Topliss-reactive ketones (excluding diaryl/α,β-unsaturated/α-hetero) is 1. The Hall–Kier alpha value is -5.36. The second-order valence-corrected chi connectivity index (χ2v) is 10.9. The van der Waals surface area contributed by atoms with Gasteiger partial charge in [0.25, 0.3) is 5.91 Å². The van der Waals surface area contributed by atoms with Gasteiger partial charge in [-0.2, -0.15) is 0 Å². The molecule has 3 aromatic carbocycles. The van der Waals surface area contributed by atoms with E-state index >= 15 is 0 Å². The fourth-order valence-corrected chi connectivity index (χ4v) is 5.05. The lowest BCUT2D eigenvalue weighted by atomic mass is 9.89. The first-order valence-electron chi connectivity index (χ1n) is 14.9. The van der Waals surface area contributed by atoms with Crippen LogP contribution in [0.4, 0.5) is 15.8 Å². The van der Waals surface area contributed by atoms with Gasteiger partial charge >= 0.3 is 11.9 Å². The number of aryl methyl sites for hydroxylation is 1. The van der Waals surface area contributed by atoms with Crippen molar-refractivity contribution in [2.24, 2.45) is 5.92 Å². The van der Waals surface area contributed by atoms with Gasteiger partial charge in [-0.05, 0) is 105 Å². The van der Waals surface area contributed by atoms with Crippen molar-refractivity contribution in [3.63, 3.8) is 0 Å². The molecular formula is C35H38FN3O8. The Kier molecular flexibility index (Phi) is 13.3. The topological polar surface area (TPSA) is 154 Å². The van der Waals surface area contributed by atoms with E-state index in [2.05, 4.69) is 10.2 Å². The number of benzene rings is 3. The summed E-state index contributed by atoms with van der Waals surface area (Å²) in [6.45, 7) is 5.91. The number of ketones is 1. The lowest BCUT2D eigenvalue weighted by Gasteiger charge is -2.33. The maximum atomic E-state index is 13.7. The van der Waals surface area contributed by atoms with Gasteiger partial charge in [0, 0.05) is 60.6 Å². The van der Waals surface area contributed by atoms with Gasteiger partial charge in [0.15, 0.2) is 5.78 Å². The number of hydrogen-bond acceptors (Lipinski definition) is 7. The van der Waals surface area contributed by atoms with Gasteiger partial charge < -0.3 is 30.1 Å². The number of methoxy groups -OCH3 is 1. The van der Waals surface area contributed by atoms with Crippen LogP contribution >= 0.6 is 0 Å². The number of likely N-dealkylation sites (tertiary alicyclic amines) is 1. The van der Waals surface area contributed by atoms with Gasteiger partial charge in [0.05, 0.1) is 7.11 Å². The summed E-state index contributed by atoms with van der Waals surface area (Å²) in [7, 11) is 1.60. The minimum atomic E-state index is -1.26. The standard InChI is InChI=1S/C31H34FN3O4.C4H4O4/c1-21-20-25(6-13-29(21)33-22(2)36)31(38)35(27-9-11-28(39-3)12-10-27)19-18-34-16-14-24(15-17-34)30(37)23-4-7-26(32)8-5-23;5-3(6)1-2-4(7)8/h4-13,20,24H,14-19H2,1-3H3,(H,33,36);1-2H,(H,5,6)(H,7,8). The molecule has 0 aliphatic carbocycles. The van der Waals surface area contributed by atoms with Crippen LogP contribution in [0.3, 0.4) is 0 Å². The van der Waals surface area contributed by atoms with Gasteiger partial charge in [0.1, 0.15) is 11.6 Å². The highest BCUT2D eigenvalue weighted by Crippen LogP contribution is 2.25. The van der Waals surface area contributed by atoms with Gasteiger partial charge in [-0.1, -0.05) is 0 Å². The average Bonchev–Trinajstić information content (AvgIpc) is 3.05. The Morgan fingerprint density at radius 2 is 1.49 bits per heavy atom. The van der Waals surface area contributed by atoms with Gasteiger partial charge in [-0.3, -0.25) is 14.4 Å². The van der Waals surface area contributed by atoms with Crippen LogP contribution in [0.25, 0.3) is 0 Å². The van der Waals surface area contributed by atoms with Crippen LogP contribution in [0.1, 0.15) is 46.0 Å². The van der Waals surface area contributed by atoms with Crippen molar-refractivity contribution < 1.29 is 43.3 Å². The predicted molar refractivity (Wildman–Crippen MR) is 174 cm³/mol. The second-order valence-electron chi connectivity index (χ2n) is 10.9. The molecule has 1 aliphatic rings. The number of nitrogens with one attached hydrogen (secondary N) is 1. The number of nitrogens with zero attached hydrogens (tertiary/aromatic N) is 2. The van der Waals surface area contributed by atoms with Crippen molar-refractivity contribution in [2.45, 2.75) is 26.7 Å². The highest BCUT2D eigenvalue weighted by Gasteiger charge is 2.27. The summed E-state index contributed by atoms with van der Waals surface area (Å²) in [5.74, 6) is -2.50. The first-order chi connectivity index (χ1) is 22.4. The molecule has 1 aliphatic heterocycles. The predicted octanol–water partition coefficient (Wildman–Crippen LogP) is 5.05. The third-order valence-electron chi connectivity index (χ3n) is 7.51. The Balaban J connectivity index is 0.000000665. The number of ether oxygens (including phenoxy) is 1. The SMILES string of the molecule is COc1ccc(N(CCN2CCC(C(=O)c3ccc(F)cc3)CC2)C(=O)c2ccc(NC(C)=O)c(C)c2)cc1.O=C(O)C=CC(=O)O. The van der Waals surface area contributed by atoms with Crippen LogP contribution < -0.4 is 15.0 Å².